The topological polar surface area (TPSA) is 101 Å². The molecule has 1 aliphatic rings. The van der Waals surface area contributed by atoms with E-state index in [9.17, 15) is 13.2 Å². The van der Waals surface area contributed by atoms with Crippen LogP contribution in [0.15, 0.2) is 30.7 Å². The number of aliphatic hydroxyl groups excluding tert-OH is 1. The summed E-state index contributed by atoms with van der Waals surface area (Å²) in [7, 11) is 0. The highest BCUT2D eigenvalue weighted by Gasteiger charge is 2.38. The van der Waals surface area contributed by atoms with Gasteiger partial charge in [-0.2, -0.15) is 13.2 Å². The number of ether oxygens (including phenoxy) is 1. The van der Waals surface area contributed by atoms with E-state index in [2.05, 4.69) is 25.5 Å². The standard InChI is InChI=1S/C16H22N4O2.C2HF3O2/c21-8-9-22-12-15-16-11-19(6-3-7-20(16)13-18-15)10-14-4-1-2-5-17-14;3-2(4,5)1(6)7/h1-2,4-5,13,21H,3,6-12H2;(H,6,7). The molecule has 0 saturated carbocycles. The molecule has 0 aliphatic carbocycles. The first-order chi connectivity index (χ1) is 13.8. The molecule has 0 atom stereocenters. The van der Waals surface area contributed by atoms with Crippen molar-refractivity contribution in [1.29, 1.82) is 0 Å². The number of carboxylic acids is 1. The maximum Gasteiger partial charge on any atom is 0.490 e. The van der Waals surface area contributed by atoms with E-state index in [0.717, 1.165) is 44.0 Å². The number of hydrogen-bond acceptors (Lipinski definition) is 6. The molecule has 1 aliphatic heterocycles. The number of carboxylic acid groups (broad SMARTS) is 1. The number of rotatable bonds is 6. The van der Waals surface area contributed by atoms with Gasteiger partial charge >= 0.3 is 12.1 Å². The van der Waals surface area contributed by atoms with Crippen molar-refractivity contribution >= 4 is 5.97 Å². The predicted octanol–water partition coefficient (Wildman–Crippen LogP) is 1.83. The molecular formula is C18H23F3N4O4. The number of aliphatic hydroxyl groups is 1. The molecule has 3 heterocycles. The predicted molar refractivity (Wildman–Crippen MR) is 95.6 cm³/mol. The number of aliphatic carboxylic acids is 1. The quantitative estimate of drug-likeness (QED) is 0.693. The van der Waals surface area contributed by atoms with Gasteiger partial charge in [0.25, 0.3) is 0 Å². The van der Waals surface area contributed by atoms with E-state index in [0.29, 0.717) is 13.2 Å². The van der Waals surface area contributed by atoms with Gasteiger partial charge in [0.1, 0.15) is 0 Å². The molecule has 8 nitrogen and oxygen atoms in total. The highest BCUT2D eigenvalue weighted by Crippen LogP contribution is 2.18. The van der Waals surface area contributed by atoms with Gasteiger partial charge in [-0.3, -0.25) is 9.88 Å². The molecule has 0 spiro atoms. The number of aromatic nitrogens is 3. The van der Waals surface area contributed by atoms with Crippen LogP contribution in [0, 0.1) is 0 Å². The Morgan fingerprint density at radius 2 is 2.00 bits per heavy atom. The van der Waals surface area contributed by atoms with Gasteiger partial charge in [-0.25, -0.2) is 9.78 Å². The minimum atomic E-state index is -5.08. The first kappa shape index (κ1) is 22.8. The van der Waals surface area contributed by atoms with Crippen molar-refractivity contribution in [3.63, 3.8) is 0 Å². The summed E-state index contributed by atoms with van der Waals surface area (Å²) in [6, 6.07) is 6.03. The van der Waals surface area contributed by atoms with Crippen molar-refractivity contribution in [3.05, 3.63) is 47.8 Å². The van der Waals surface area contributed by atoms with Crippen LogP contribution in [0.2, 0.25) is 0 Å². The summed E-state index contributed by atoms with van der Waals surface area (Å²) in [6.07, 6.45) is -0.240. The van der Waals surface area contributed by atoms with Crippen molar-refractivity contribution < 1.29 is 32.9 Å². The van der Waals surface area contributed by atoms with E-state index in [4.69, 9.17) is 19.7 Å². The molecule has 160 valence electrons. The zero-order valence-electron chi connectivity index (χ0n) is 15.7. The Kier molecular flexibility index (Phi) is 8.55. The SMILES string of the molecule is O=C(O)C(F)(F)F.OCCOCc1ncn2c1CN(Cc1ccccn1)CCC2. The molecule has 2 N–H and O–H groups in total. The fourth-order valence-corrected chi connectivity index (χ4v) is 2.79. The normalized spacial score (nSPS) is 14.5. The third kappa shape index (κ3) is 7.44. The maximum atomic E-state index is 10.6. The molecular weight excluding hydrogens is 393 g/mol. The number of pyridine rings is 1. The molecule has 0 bridgehead atoms. The molecule has 0 unspecified atom stereocenters. The van der Waals surface area contributed by atoms with Crippen molar-refractivity contribution in [2.75, 3.05) is 19.8 Å². The monoisotopic (exact) mass is 416 g/mol. The molecule has 0 aromatic carbocycles. The first-order valence-corrected chi connectivity index (χ1v) is 8.95. The number of alkyl halides is 3. The zero-order valence-corrected chi connectivity index (χ0v) is 15.7. The third-order valence-corrected chi connectivity index (χ3v) is 4.11. The average molecular weight is 416 g/mol. The minimum Gasteiger partial charge on any atom is -0.475 e. The van der Waals surface area contributed by atoms with Gasteiger partial charge < -0.3 is 19.5 Å². The van der Waals surface area contributed by atoms with E-state index in [-0.39, 0.29) is 6.61 Å². The minimum absolute atomic E-state index is 0.0435. The van der Waals surface area contributed by atoms with Crippen LogP contribution in [-0.2, 0) is 35.8 Å². The second kappa shape index (κ2) is 10.9. The van der Waals surface area contributed by atoms with Crippen molar-refractivity contribution in [2.45, 2.75) is 38.8 Å². The zero-order chi connectivity index (χ0) is 21.3. The average Bonchev–Trinajstić information content (AvgIpc) is 2.92. The second-order valence-electron chi connectivity index (χ2n) is 6.30. The Morgan fingerprint density at radius 1 is 1.24 bits per heavy atom. The first-order valence-electron chi connectivity index (χ1n) is 8.95. The molecule has 29 heavy (non-hydrogen) atoms. The Labute approximate surface area is 165 Å². The molecule has 0 fully saturated rings. The largest absolute Gasteiger partial charge is 0.490 e. The van der Waals surface area contributed by atoms with E-state index < -0.39 is 12.1 Å². The van der Waals surface area contributed by atoms with Crippen LogP contribution in [0.3, 0.4) is 0 Å². The Morgan fingerprint density at radius 3 is 2.62 bits per heavy atom. The van der Waals surface area contributed by atoms with Gasteiger partial charge in [0.05, 0.1) is 43.2 Å². The lowest BCUT2D eigenvalue weighted by molar-refractivity contribution is -0.192. The number of aryl methyl sites for hydroxylation is 1. The number of nitrogens with zero attached hydrogens (tertiary/aromatic N) is 4. The lowest BCUT2D eigenvalue weighted by Crippen LogP contribution is -2.24. The van der Waals surface area contributed by atoms with Crippen LogP contribution in [0.25, 0.3) is 0 Å². The Bertz CT molecular complexity index is 768. The van der Waals surface area contributed by atoms with Crippen LogP contribution < -0.4 is 0 Å². The number of hydrogen-bond donors (Lipinski definition) is 2. The van der Waals surface area contributed by atoms with Crippen molar-refractivity contribution in [3.8, 4) is 0 Å². The Hall–Kier alpha value is -2.50. The van der Waals surface area contributed by atoms with Gasteiger partial charge in [-0.1, -0.05) is 6.07 Å². The summed E-state index contributed by atoms with van der Waals surface area (Å²) >= 11 is 0. The molecule has 0 amide bonds. The highest BCUT2D eigenvalue weighted by molar-refractivity contribution is 5.73. The third-order valence-electron chi connectivity index (χ3n) is 4.11. The summed E-state index contributed by atoms with van der Waals surface area (Å²) in [6.45, 7) is 4.60. The van der Waals surface area contributed by atoms with Crippen LogP contribution in [0.1, 0.15) is 23.5 Å². The van der Waals surface area contributed by atoms with Crippen molar-refractivity contribution in [2.24, 2.45) is 0 Å². The van der Waals surface area contributed by atoms with Gasteiger partial charge in [-0.15, -0.1) is 0 Å². The molecule has 2 aromatic rings. The van der Waals surface area contributed by atoms with Gasteiger partial charge in [0.15, 0.2) is 0 Å². The van der Waals surface area contributed by atoms with Gasteiger partial charge in [0.2, 0.25) is 0 Å². The van der Waals surface area contributed by atoms with Gasteiger partial charge in [0, 0.05) is 32.4 Å². The van der Waals surface area contributed by atoms with E-state index in [1.54, 1.807) is 0 Å². The summed E-state index contributed by atoms with van der Waals surface area (Å²) in [5.74, 6) is -2.76. The van der Waals surface area contributed by atoms with Crippen LogP contribution in [0.5, 0.6) is 0 Å². The summed E-state index contributed by atoms with van der Waals surface area (Å²) in [4.78, 5) is 20.2. The summed E-state index contributed by atoms with van der Waals surface area (Å²) in [5.41, 5.74) is 3.28. The lowest BCUT2D eigenvalue weighted by Gasteiger charge is -2.19. The second-order valence-corrected chi connectivity index (χ2v) is 6.30. The number of fused-ring (bicyclic) bond motifs is 1. The van der Waals surface area contributed by atoms with E-state index in [1.165, 1.54) is 5.69 Å². The molecule has 2 aromatic heterocycles. The fraction of sp³-hybridized carbons (Fsp3) is 0.500. The van der Waals surface area contributed by atoms with Gasteiger partial charge in [-0.05, 0) is 18.6 Å². The number of halogens is 3. The van der Waals surface area contributed by atoms with E-state index >= 15 is 0 Å². The molecule has 0 saturated heterocycles. The fourth-order valence-electron chi connectivity index (χ4n) is 2.79. The number of imidazole rings is 1. The van der Waals surface area contributed by atoms with Crippen LogP contribution >= 0.6 is 0 Å². The molecule has 11 heteroatoms. The smallest absolute Gasteiger partial charge is 0.475 e. The maximum absolute atomic E-state index is 10.6. The van der Waals surface area contributed by atoms with Crippen LogP contribution in [-0.4, -0.2) is 61.6 Å². The number of carbonyl (C=O) groups is 1. The molecule has 3 rings (SSSR count). The highest BCUT2D eigenvalue weighted by atomic mass is 19.4. The summed E-state index contributed by atoms with van der Waals surface area (Å²) < 4.78 is 39.4. The van der Waals surface area contributed by atoms with E-state index in [1.807, 2.05) is 24.7 Å². The summed E-state index contributed by atoms with van der Waals surface area (Å²) in [5, 5.41) is 15.9. The lowest BCUT2D eigenvalue weighted by atomic mass is 10.2. The van der Waals surface area contributed by atoms with Crippen LogP contribution in [0.4, 0.5) is 13.2 Å². The Balaban J connectivity index is 0.000000370. The molecule has 0 radical (unpaired) electrons. The van der Waals surface area contributed by atoms with Crippen molar-refractivity contribution in [1.82, 2.24) is 19.4 Å².